The highest BCUT2D eigenvalue weighted by molar-refractivity contribution is 5.92. The zero-order valence-electron chi connectivity index (χ0n) is 11.4. The van der Waals surface area contributed by atoms with Crippen LogP contribution in [0.15, 0.2) is 12.4 Å². The third-order valence-electron chi connectivity index (χ3n) is 2.36. The van der Waals surface area contributed by atoms with Gasteiger partial charge in [0.25, 0.3) is 5.91 Å². The molecular formula is C12H17F3N4O. The molecule has 1 heterocycles. The van der Waals surface area contributed by atoms with Crippen molar-refractivity contribution < 1.29 is 18.0 Å². The van der Waals surface area contributed by atoms with Crippen molar-refractivity contribution in [2.24, 2.45) is 0 Å². The van der Waals surface area contributed by atoms with Crippen LogP contribution >= 0.6 is 0 Å². The van der Waals surface area contributed by atoms with Gasteiger partial charge in [-0.1, -0.05) is 6.92 Å². The van der Waals surface area contributed by atoms with Gasteiger partial charge in [-0.2, -0.15) is 13.2 Å². The van der Waals surface area contributed by atoms with Gasteiger partial charge in [0.2, 0.25) is 0 Å². The topological polar surface area (TPSA) is 58.1 Å². The van der Waals surface area contributed by atoms with Gasteiger partial charge in [-0.3, -0.25) is 9.78 Å². The third kappa shape index (κ3) is 5.02. The van der Waals surface area contributed by atoms with Crippen molar-refractivity contribution in [1.29, 1.82) is 0 Å². The van der Waals surface area contributed by atoms with Crippen molar-refractivity contribution in [3.8, 4) is 0 Å². The molecule has 20 heavy (non-hydrogen) atoms. The number of carbonyl (C=O) groups excluding carboxylic acids is 1. The number of hydrogen-bond acceptors (Lipinski definition) is 4. The molecule has 1 aromatic heterocycles. The lowest BCUT2D eigenvalue weighted by atomic mass is 10.3. The summed E-state index contributed by atoms with van der Waals surface area (Å²) in [7, 11) is 0. The third-order valence-corrected chi connectivity index (χ3v) is 2.36. The molecule has 5 nitrogen and oxygen atoms in total. The average Bonchev–Trinajstić information content (AvgIpc) is 2.36. The summed E-state index contributed by atoms with van der Waals surface area (Å²) in [5.41, 5.74) is -0.0962. The molecule has 112 valence electrons. The van der Waals surface area contributed by atoms with E-state index in [0.29, 0.717) is 18.8 Å². The summed E-state index contributed by atoms with van der Waals surface area (Å²) in [5.74, 6) is -0.404. The number of alkyl halides is 3. The van der Waals surface area contributed by atoms with Crippen LogP contribution in [0, 0.1) is 0 Å². The molecule has 0 spiro atoms. The molecule has 0 aliphatic rings. The molecule has 0 aliphatic heterocycles. The fourth-order valence-electron chi connectivity index (χ4n) is 1.64. The molecule has 0 bridgehead atoms. The largest absolute Gasteiger partial charge is 0.406 e. The summed E-state index contributed by atoms with van der Waals surface area (Å²) in [6, 6.07) is 0. The van der Waals surface area contributed by atoms with Gasteiger partial charge < -0.3 is 10.2 Å². The minimum absolute atomic E-state index is 0.0193. The maximum Gasteiger partial charge on any atom is 0.406 e. The Hall–Kier alpha value is -1.86. The highest BCUT2D eigenvalue weighted by Crippen LogP contribution is 2.18. The van der Waals surface area contributed by atoms with E-state index in [9.17, 15) is 18.0 Å². The predicted molar refractivity (Wildman–Crippen MR) is 68.4 cm³/mol. The van der Waals surface area contributed by atoms with Crippen molar-refractivity contribution in [2.45, 2.75) is 26.4 Å². The quantitative estimate of drug-likeness (QED) is 0.873. The first-order valence-electron chi connectivity index (χ1n) is 6.29. The van der Waals surface area contributed by atoms with Crippen LogP contribution in [0.2, 0.25) is 0 Å². The van der Waals surface area contributed by atoms with E-state index in [1.165, 1.54) is 12.4 Å². The number of hydrogen-bond donors (Lipinski definition) is 1. The SMILES string of the molecule is CCCN(CC(F)(F)F)C(=O)c1cncc(NCC)n1. The minimum Gasteiger partial charge on any atom is -0.369 e. The Morgan fingerprint density at radius 3 is 2.60 bits per heavy atom. The van der Waals surface area contributed by atoms with E-state index in [-0.39, 0.29) is 12.2 Å². The predicted octanol–water partition coefficient (Wildman–Crippen LogP) is 2.32. The van der Waals surface area contributed by atoms with Gasteiger partial charge >= 0.3 is 6.18 Å². The second-order valence-corrected chi connectivity index (χ2v) is 4.16. The maximum absolute atomic E-state index is 12.5. The average molecular weight is 290 g/mol. The standard InChI is InChI=1S/C12H17F3N4O/c1-3-5-19(8-12(13,14)15)11(20)9-6-16-7-10(18-9)17-4-2/h6-7H,3-5,8H2,1-2H3,(H,17,18). The number of amides is 1. The van der Waals surface area contributed by atoms with Crippen LogP contribution < -0.4 is 5.32 Å². The van der Waals surface area contributed by atoms with Crippen LogP contribution in [0.1, 0.15) is 30.8 Å². The van der Waals surface area contributed by atoms with Gasteiger partial charge in [0.05, 0.1) is 12.4 Å². The Morgan fingerprint density at radius 2 is 2.05 bits per heavy atom. The van der Waals surface area contributed by atoms with Crippen LogP contribution in [-0.4, -0.2) is 46.6 Å². The second kappa shape index (κ2) is 7.06. The van der Waals surface area contributed by atoms with Gasteiger partial charge in [-0.15, -0.1) is 0 Å². The molecule has 1 rings (SSSR count). The van der Waals surface area contributed by atoms with E-state index in [1.54, 1.807) is 6.92 Å². The van der Waals surface area contributed by atoms with Crippen LogP contribution in [0.4, 0.5) is 19.0 Å². The Balaban J connectivity index is 2.91. The fraction of sp³-hybridized carbons (Fsp3) is 0.583. The number of anilines is 1. The second-order valence-electron chi connectivity index (χ2n) is 4.16. The normalized spacial score (nSPS) is 11.2. The maximum atomic E-state index is 12.5. The lowest BCUT2D eigenvalue weighted by Gasteiger charge is -2.23. The van der Waals surface area contributed by atoms with Crippen molar-refractivity contribution in [3.63, 3.8) is 0 Å². The molecule has 0 atom stereocenters. The monoisotopic (exact) mass is 290 g/mol. The van der Waals surface area contributed by atoms with E-state index in [2.05, 4.69) is 15.3 Å². The van der Waals surface area contributed by atoms with Gasteiger partial charge in [0.1, 0.15) is 18.1 Å². The van der Waals surface area contributed by atoms with Gasteiger partial charge in [0.15, 0.2) is 0 Å². The van der Waals surface area contributed by atoms with Crippen LogP contribution in [0.25, 0.3) is 0 Å². The van der Waals surface area contributed by atoms with Crippen molar-refractivity contribution >= 4 is 11.7 Å². The molecule has 8 heteroatoms. The molecule has 1 aromatic rings. The summed E-state index contributed by atoms with van der Waals surface area (Å²) >= 11 is 0. The molecule has 0 radical (unpaired) electrons. The molecular weight excluding hydrogens is 273 g/mol. The lowest BCUT2D eigenvalue weighted by Crippen LogP contribution is -2.39. The molecule has 0 saturated carbocycles. The zero-order valence-corrected chi connectivity index (χ0v) is 11.4. The van der Waals surface area contributed by atoms with E-state index in [4.69, 9.17) is 0 Å². The van der Waals surface area contributed by atoms with Crippen LogP contribution in [-0.2, 0) is 0 Å². The molecule has 0 aromatic carbocycles. The lowest BCUT2D eigenvalue weighted by molar-refractivity contribution is -0.140. The van der Waals surface area contributed by atoms with Gasteiger partial charge in [-0.05, 0) is 13.3 Å². The minimum atomic E-state index is -4.43. The summed E-state index contributed by atoms with van der Waals surface area (Å²) in [5, 5.41) is 2.86. The first-order valence-corrected chi connectivity index (χ1v) is 6.29. The highest BCUT2D eigenvalue weighted by atomic mass is 19.4. The molecule has 0 saturated heterocycles. The van der Waals surface area contributed by atoms with Crippen molar-refractivity contribution in [2.75, 3.05) is 25.0 Å². The summed E-state index contributed by atoms with van der Waals surface area (Å²) in [6.45, 7) is 2.85. The first kappa shape index (κ1) is 16.2. The number of aromatic nitrogens is 2. The van der Waals surface area contributed by atoms with E-state index in [1.807, 2.05) is 6.92 Å². The molecule has 1 N–H and O–H groups in total. The van der Waals surface area contributed by atoms with Crippen LogP contribution in [0.5, 0.6) is 0 Å². The molecule has 0 aliphatic carbocycles. The van der Waals surface area contributed by atoms with E-state index < -0.39 is 18.6 Å². The molecule has 0 unspecified atom stereocenters. The number of carbonyl (C=O) groups is 1. The van der Waals surface area contributed by atoms with Crippen LogP contribution in [0.3, 0.4) is 0 Å². The van der Waals surface area contributed by atoms with E-state index in [0.717, 1.165) is 4.90 Å². The van der Waals surface area contributed by atoms with Gasteiger partial charge in [-0.25, -0.2) is 4.98 Å². The van der Waals surface area contributed by atoms with Gasteiger partial charge in [0, 0.05) is 13.1 Å². The Bertz CT molecular complexity index is 451. The fourth-order valence-corrected chi connectivity index (χ4v) is 1.64. The summed E-state index contributed by atoms with van der Waals surface area (Å²) in [4.78, 5) is 20.6. The summed E-state index contributed by atoms with van der Waals surface area (Å²) < 4.78 is 37.4. The molecule has 0 fully saturated rings. The van der Waals surface area contributed by atoms with Crippen molar-refractivity contribution in [1.82, 2.24) is 14.9 Å². The van der Waals surface area contributed by atoms with Crippen molar-refractivity contribution in [3.05, 3.63) is 18.1 Å². The zero-order chi connectivity index (χ0) is 15.2. The Labute approximate surface area is 115 Å². The number of nitrogens with one attached hydrogen (secondary N) is 1. The smallest absolute Gasteiger partial charge is 0.369 e. The molecule has 1 amide bonds. The highest BCUT2D eigenvalue weighted by Gasteiger charge is 2.33. The first-order chi connectivity index (χ1) is 9.37. The Morgan fingerprint density at radius 1 is 1.35 bits per heavy atom. The Kier molecular flexibility index (Phi) is 5.72. The van der Waals surface area contributed by atoms with E-state index >= 15 is 0 Å². The number of nitrogens with zero attached hydrogens (tertiary/aromatic N) is 3. The number of halogens is 3. The number of rotatable bonds is 6. The summed E-state index contributed by atoms with van der Waals surface area (Å²) in [6.07, 6.45) is -1.42.